The molecule has 0 radical (unpaired) electrons. The minimum Gasteiger partial charge on any atom is -0.440 e. The number of carbonyl (C=O) groups excluding carboxylic acids is 1. The fourth-order valence-electron chi connectivity index (χ4n) is 2.63. The number of thiazole rings is 1. The SMILES string of the molecule is Cc1c(C(C)OC(=O)Nc2ccccc2)sc2nc(-c3cccs3)nn12. The van der Waals surface area contributed by atoms with Gasteiger partial charge in [-0.15, -0.1) is 16.4 Å². The molecule has 1 amide bonds. The van der Waals surface area contributed by atoms with Gasteiger partial charge in [-0.1, -0.05) is 35.6 Å². The maximum Gasteiger partial charge on any atom is 0.412 e. The molecule has 4 rings (SSSR count). The van der Waals surface area contributed by atoms with Gasteiger partial charge in [0.25, 0.3) is 0 Å². The fourth-order valence-corrected chi connectivity index (χ4v) is 4.32. The van der Waals surface area contributed by atoms with Gasteiger partial charge >= 0.3 is 6.09 Å². The largest absolute Gasteiger partial charge is 0.440 e. The highest BCUT2D eigenvalue weighted by Crippen LogP contribution is 2.32. The lowest BCUT2D eigenvalue weighted by Gasteiger charge is -2.13. The van der Waals surface area contributed by atoms with E-state index in [1.54, 1.807) is 11.3 Å². The van der Waals surface area contributed by atoms with Gasteiger partial charge in [0.05, 0.1) is 15.4 Å². The Morgan fingerprint density at radius 3 is 2.73 bits per heavy atom. The molecule has 1 N–H and O–H groups in total. The molecule has 0 spiro atoms. The van der Waals surface area contributed by atoms with Crippen LogP contribution >= 0.6 is 22.7 Å². The Hall–Kier alpha value is -2.71. The van der Waals surface area contributed by atoms with Crippen LogP contribution in [-0.4, -0.2) is 20.7 Å². The van der Waals surface area contributed by atoms with E-state index in [4.69, 9.17) is 4.74 Å². The lowest BCUT2D eigenvalue weighted by atomic mass is 10.3. The first-order valence-electron chi connectivity index (χ1n) is 8.04. The first-order valence-corrected chi connectivity index (χ1v) is 9.74. The van der Waals surface area contributed by atoms with Gasteiger partial charge in [-0.25, -0.2) is 9.31 Å². The molecular weight excluding hydrogens is 368 g/mol. The highest BCUT2D eigenvalue weighted by atomic mass is 32.1. The maximum absolute atomic E-state index is 12.1. The second kappa shape index (κ2) is 6.89. The molecule has 0 bridgehead atoms. The molecule has 6 nitrogen and oxygen atoms in total. The minimum absolute atomic E-state index is 0.391. The Labute approximate surface area is 158 Å². The molecule has 3 heterocycles. The van der Waals surface area contributed by atoms with Crippen molar-refractivity contribution >= 4 is 39.4 Å². The Kier molecular flexibility index (Phi) is 4.44. The van der Waals surface area contributed by atoms with Crippen molar-refractivity contribution < 1.29 is 9.53 Å². The van der Waals surface area contributed by atoms with Crippen LogP contribution < -0.4 is 5.32 Å². The number of carbonyl (C=O) groups is 1. The zero-order chi connectivity index (χ0) is 18.1. The number of para-hydroxylation sites is 1. The predicted molar refractivity (Wildman–Crippen MR) is 104 cm³/mol. The summed E-state index contributed by atoms with van der Waals surface area (Å²) >= 11 is 3.10. The van der Waals surface area contributed by atoms with Crippen molar-refractivity contribution in [2.24, 2.45) is 0 Å². The molecule has 1 unspecified atom stereocenters. The number of nitrogens with zero attached hydrogens (tertiary/aromatic N) is 3. The number of fused-ring (bicyclic) bond motifs is 1. The number of benzene rings is 1. The molecule has 132 valence electrons. The van der Waals surface area contributed by atoms with Crippen LogP contribution in [0.5, 0.6) is 0 Å². The number of thiophene rings is 1. The molecular formula is C18H16N4O2S2. The summed E-state index contributed by atoms with van der Waals surface area (Å²) in [7, 11) is 0. The van der Waals surface area contributed by atoms with Gasteiger partial charge in [0.15, 0.2) is 5.82 Å². The van der Waals surface area contributed by atoms with Gasteiger partial charge in [0, 0.05) is 5.69 Å². The van der Waals surface area contributed by atoms with Crippen LogP contribution in [0, 0.1) is 6.92 Å². The van der Waals surface area contributed by atoms with Gasteiger partial charge < -0.3 is 4.74 Å². The van der Waals surface area contributed by atoms with Gasteiger partial charge in [0.1, 0.15) is 6.10 Å². The van der Waals surface area contributed by atoms with Crippen LogP contribution in [0.2, 0.25) is 0 Å². The summed E-state index contributed by atoms with van der Waals surface area (Å²) < 4.78 is 7.33. The smallest absolute Gasteiger partial charge is 0.412 e. The van der Waals surface area contributed by atoms with E-state index in [1.807, 2.05) is 66.2 Å². The standard InChI is InChI=1S/C18H16N4O2S2/c1-11-15(12(2)24-18(23)19-13-7-4-3-5-8-13)26-17-20-16(21-22(11)17)14-9-6-10-25-14/h3-10,12H,1-2H3,(H,19,23). The predicted octanol–water partition coefficient (Wildman–Crippen LogP) is 5.14. The quantitative estimate of drug-likeness (QED) is 0.529. The summed E-state index contributed by atoms with van der Waals surface area (Å²) in [6, 6.07) is 13.2. The summed E-state index contributed by atoms with van der Waals surface area (Å²) in [5.41, 5.74) is 1.63. The van der Waals surface area contributed by atoms with Crippen molar-refractivity contribution in [3.8, 4) is 10.7 Å². The van der Waals surface area contributed by atoms with Crippen LogP contribution in [0.3, 0.4) is 0 Å². The van der Waals surface area contributed by atoms with Crippen LogP contribution in [0.4, 0.5) is 10.5 Å². The molecule has 0 fully saturated rings. The Morgan fingerprint density at radius 2 is 2.04 bits per heavy atom. The zero-order valence-corrected chi connectivity index (χ0v) is 15.8. The Morgan fingerprint density at radius 1 is 1.23 bits per heavy atom. The molecule has 1 atom stereocenters. The van der Waals surface area contributed by atoms with Gasteiger partial charge in [0.2, 0.25) is 4.96 Å². The number of aromatic nitrogens is 3. The summed E-state index contributed by atoms with van der Waals surface area (Å²) in [6.07, 6.45) is -0.876. The molecule has 3 aromatic heterocycles. The van der Waals surface area contributed by atoms with Gasteiger partial charge in [-0.2, -0.15) is 4.98 Å². The van der Waals surface area contributed by atoms with E-state index in [0.717, 1.165) is 26.2 Å². The Bertz CT molecular complexity index is 1040. The van der Waals surface area contributed by atoms with Crippen LogP contribution in [0.25, 0.3) is 15.7 Å². The molecule has 0 aliphatic rings. The average molecular weight is 384 g/mol. The van der Waals surface area contributed by atoms with Crippen LogP contribution in [0.15, 0.2) is 47.8 Å². The monoisotopic (exact) mass is 384 g/mol. The van der Waals surface area contributed by atoms with Gasteiger partial charge in [-0.05, 0) is 37.4 Å². The van der Waals surface area contributed by atoms with E-state index in [-0.39, 0.29) is 0 Å². The van der Waals surface area contributed by atoms with E-state index in [1.165, 1.54) is 11.3 Å². The number of aryl methyl sites for hydroxylation is 1. The average Bonchev–Trinajstić information content (AvgIpc) is 3.33. The topological polar surface area (TPSA) is 68.5 Å². The van der Waals surface area contributed by atoms with Crippen molar-refractivity contribution in [1.29, 1.82) is 0 Å². The van der Waals surface area contributed by atoms with E-state index in [0.29, 0.717) is 5.69 Å². The number of amides is 1. The van der Waals surface area contributed by atoms with Crippen LogP contribution in [0.1, 0.15) is 23.6 Å². The minimum atomic E-state index is -0.485. The fraction of sp³-hybridized carbons (Fsp3) is 0.167. The number of ether oxygens (including phenoxy) is 1. The van der Waals surface area contributed by atoms with E-state index < -0.39 is 12.2 Å². The maximum atomic E-state index is 12.1. The first-order chi connectivity index (χ1) is 12.6. The number of anilines is 1. The lowest BCUT2D eigenvalue weighted by Crippen LogP contribution is -2.16. The highest BCUT2D eigenvalue weighted by Gasteiger charge is 2.21. The molecule has 26 heavy (non-hydrogen) atoms. The van der Waals surface area contributed by atoms with Crippen molar-refractivity contribution in [3.63, 3.8) is 0 Å². The normalized spacial score (nSPS) is 12.2. The molecule has 8 heteroatoms. The molecule has 0 aliphatic heterocycles. The number of nitrogens with one attached hydrogen (secondary N) is 1. The summed E-state index contributed by atoms with van der Waals surface area (Å²) in [4.78, 5) is 19.5. The zero-order valence-electron chi connectivity index (χ0n) is 14.2. The van der Waals surface area contributed by atoms with Crippen molar-refractivity contribution in [2.75, 3.05) is 5.32 Å². The molecule has 1 aromatic carbocycles. The highest BCUT2D eigenvalue weighted by molar-refractivity contribution is 7.17. The Balaban J connectivity index is 1.51. The molecule has 0 saturated heterocycles. The summed E-state index contributed by atoms with van der Waals surface area (Å²) in [5, 5.41) is 9.30. The molecule has 0 aliphatic carbocycles. The number of hydrogen-bond acceptors (Lipinski definition) is 6. The van der Waals surface area contributed by atoms with Crippen molar-refractivity contribution in [1.82, 2.24) is 14.6 Å². The van der Waals surface area contributed by atoms with E-state index in [2.05, 4.69) is 15.4 Å². The second-order valence-electron chi connectivity index (χ2n) is 5.70. The third kappa shape index (κ3) is 3.21. The third-order valence-electron chi connectivity index (χ3n) is 3.87. The lowest BCUT2D eigenvalue weighted by molar-refractivity contribution is 0.122. The second-order valence-corrected chi connectivity index (χ2v) is 7.65. The third-order valence-corrected chi connectivity index (χ3v) is 6.03. The van der Waals surface area contributed by atoms with Crippen LogP contribution in [-0.2, 0) is 4.74 Å². The van der Waals surface area contributed by atoms with Gasteiger partial charge in [-0.3, -0.25) is 5.32 Å². The first kappa shape index (κ1) is 16.7. The van der Waals surface area contributed by atoms with Crippen molar-refractivity contribution in [2.45, 2.75) is 20.0 Å². The van der Waals surface area contributed by atoms with Crippen molar-refractivity contribution in [3.05, 3.63) is 58.4 Å². The summed E-state index contributed by atoms with van der Waals surface area (Å²) in [5.74, 6) is 0.719. The number of hydrogen-bond donors (Lipinski definition) is 1. The van der Waals surface area contributed by atoms with E-state index in [9.17, 15) is 4.79 Å². The summed E-state index contributed by atoms with van der Waals surface area (Å²) in [6.45, 7) is 3.81. The van der Waals surface area contributed by atoms with E-state index >= 15 is 0 Å². The molecule has 4 aromatic rings. The molecule has 0 saturated carbocycles. The number of rotatable bonds is 4.